The quantitative estimate of drug-likeness (QED) is 0.0382. The van der Waals surface area contributed by atoms with Gasteiger partial charge in [-0.25, -0.2) is 0 Å². The van der Waals surface area contributed by atoms with Crippen molar-refractivity contribution in [1.82, 2.24) is 0 Å². The number of unbranched alkanes of at least 4 members (excludes halogenated alkanes) is 32. The number of thiol groups is 1. The second kappa shape index (κ2) is 40.6. The maximum absolute atomic E-state index is 12.9. The van der Waals surface area contributed by atoms with Crippen molar-refractivity contribution in [1.29, 1.82) is 0 Å². The van der Waals surface area contributed by atoms with Gasteiger partial charge in [0.1, 0.15) is 0 Å². The summed E-state index contributed by atoms with van der Waals surface area (Å²) in [5.41, 5.74) is 0. The van der Waals surface area contributed by atoms with E-state index in [2.05, 4.69) is 26.5 Å². The van der Waals surface area contributed by atoms with Gasteiger partial charge in [-0.1, -0.05) is 213 Å². The fourth-order valence-corrected chi connectivity index (χ4v) is 9.44. The molecular weight excluding hydrogens is 669 g/mol. The van der Waals surface area contributed by atoms with E-state index in [-0.39, 0.29) is 11.9 Å². The summed E-state index contributed by atoms with van der Waals surface area (Å²) in [6, 6.07) is 0.513. The van der Waals surface area contributed by atoms with E-state index in [1.165, 1.54) is 154 Å². The SMILES string of the molecule is CCCCCCCCCCCCCCCCCC(=O)O[Si](CCCCCCCS)(OC)OC(=O)CCCCCCCCCCCCCCCCC. The number of carbonyl (C=O) groups excluding carboxylic acids is 2. The van der Waals surface area contributed by atoms with Crippen molar-refractivity contribution in [3.8, 4) is 0 Å². The Hall–Kier alpha value is -0.533. The van der Waals surface area contributed by atoms with Gasteiger partial charge in [0.05, 0.1) is 0 Å². The fourth-order valence-electron chi connectivity index (χ4n) is 7.02. The Morgan fingerprint density at radius 1 is 0.392 bits per heavy atom. The van der Waals surface area contributed by atoms with E-state index < -0.39 is 8.80 Å². The molecule has 0 amide bonds. The Balaban J connectivity index is 4.24. The van der Waals surface area contributed by atoms with Gasteiger partial charge < -0.3 is 13.3 Å². The van der Waals surface area contributed by atoms with Crippen molar-refractivity contribution >= 4 is 33.4 Å². The van der Waals surface area contributed by atoms with Crippen molar-refractivity contribution in [2.24, 2.45) is 0 Å². The third-order valence-electron chi connectivity index (χ3n) is 10.5. The second-order valence-electron chi connectivity index (χ2n) is 15.5. The van der Waals surface area contributed by atoms with Gasteiger partial charge in [0.15, 0.2) is 0 Å². The standard InChI is InChI=1S/C44H88O5SSi/c1-4-6-8-10-12-14-16-18-20-22-24-26-28-31-35-39-43(45)48-51(47-3,42-38-34-30-33-37-41-50)49-44(46)40-36-32-29-27-25-23-21-19-17-15-13-11-9-7-5-2/h50H,4-42H2,1-3H3. The number of hydrogen-bond acceptors (Lipinski definition) is 6. The second-order valence-corrected chi connectivity index (χ2v) is 18.6. The molecule has 0 aromatic heterocycles. The third-order valence-corrected chi connectivity index (χ3v) is 13.4. The van der Waals surface area contributed by atoms with Crippen LogP contribution in [0.25, 0.3) is 0 Å². The lowest BCUT2D eigenvalue weighted by Crippen LogP contribution is -2.48. The van der Waals surface area contributed by atoms with Gasteiger partial charge in [-0.2, -0.15) is 12.6 Å². The van der Waals surface area contributed by atoms with E-state index in [1.807, 2.05) is 0 Å². The van der Waals surface area contributed by atoms with Crippen LogP contribution < -0.4 is 0 Å². The van der Waals surface area contributed by atoms with E-state index in [0.717, 1.165) is 76.4 Å². The summed E-state index contributed by atoms with van der Waals surface area (Å²) in [5, 5.41) is 0. The minimum Gasteiger partial charge on any atom is -0.464 e. The van der Waals surface area contributed by atoms with Gasteiger partial charge in [0, 0.05) is 26.0 Å². The average Bonchev–Trinajstić information content (AvgIpc) is 3.12. The Morgan fingerprint density at radius 2 is 0.647 bits per heavy atom. The van der Waals surface area contributed by atoms with Crippen LogP contribution in [0.4, 0.5) is 0 Å². The minimum absolute atomic E-state index is 0.270. The first-order valence-electron chi connectivity index (χ1n) is 22.6. The first-order valence-corrected chi connectivity index (χ1v) is 25.2. The molecule has 0 heterocycles. The smallest absolute Gasteiger partial charge is 0.464 e. The topological polar surface area (TPSA) is 61.8 Å². The summed E-state index contributed by atoms with van der Waals surface area (Å²) in [6.07, 6.45) is 44.7. The molecule has 0 rings (SSSR count). The first kappa shape index (κ1) is 50.5. The molecule has 0 radical (unpaired) electrons. The van der Waals surface area contributed by atoms with E-state index >= 15 is 0 Å². The predicted octanol–water partition coefficient (Wildman–Crippen LogP) is 15.1. The molecule has 0 spiro atoms. The number of carbonyl (C=O) groups is 2. The Kier molecular flexibility index (Phi) is 40.2. The van der Waals surface area contributed by atoms with Gasteiger partial charge in [-0.3, -0.25) is 9.59 Å². The van der Waals surface area contributed by atoms with Crippen LogP contribution in [0.1, 0.15) is 251 Å². The summed E-state index contributed by atoms with van der Waals surface area (Å²) in [6.45, 7) is 4.56. The summed E-state index contributed by atoms with van der Waals surface area (Å²) in [7, 11) is -1.85. The minimum atomic E-state index is -3.40. The molecule has 51 heavy (non-hydrogen) atoms. The summed E-state index contributed by atoms with van der Waals surface area (Å²) in [5.74, 6) is 0.367. The van der Waals surface area contributed by atoms with Crippen LogP contribution in [0.5, 0.6) is 0 Å². The van der Waals surface area contributed by atoms with Crippen LogP contribution in [0.2, 0.25) is 6.04 Å². The molecule has 0 bridgehead atoms. The first-order chi connectivity index (χ1) is 25.0. The molecule has 0 aromatic carbocycles. The highest BCUT2D eigenvalue weighted by Gasteiger charge is 2.47. The Labute approximate surface area is 325 Å². The molecule has 0 aliphatic heterocycles. The summed E-state index contributed by atoms with van der Waals surface area (Å²) < 4.78 is 17.7. The van der Waals surface area contributed by atoms with Crippen molar-refractivity contribution in [2.75, 3.05) is 12.9 Å². The number of hydrogen-bond donors (Lipinski definition) is 1. The fraction of sp³-hybridized carbons (Fsp3) is 0.955. The zero-order chi connectivity index (χ0) is 37.4. The zero-order valence-electron chi connectivity index (χ0n) is 34.6. The maximum Gasteiger partial charge on any atom is 0.635 e. The highest BCUT2D eigenvalue weighted by atomic mass is 32.1. The van der Waals surface area contributed by atoms with Crippen LogP contribution in [0.15, 0.2) is 0 Å². The Morgan fingerprint density at radius 3 is 0.922 bits per heavy atom. The van der Waals surface area contributed by atoms with Crippen LogP contribution >= 0.6 is 12.6 Å². The average molecular weight is 757 g/mol. The lowest BCUT2D eigenvalue weighted by atomic mass is 10.0. The van der Waals surface area contributed by atoms with Crippen molar-refractivity contribution in [2.45, 2.75) is 257 Å². The highest BCUT2D eigenvalue weighted by Crippen LogP contribution is 2.23. The summed E-state index contributed by atoms with van der Waals surface area (Å²) >= 11 is 4.31. The van der Waals surface area contributed by atoms with Gasteiger partial charge in [0.2, 0.25) is 0 Å². The molecule has 0 unspecified atom stereocenters. The molecular formula is C44H88O5SSi. The van der Waals surface area contributed by atoms with E-state index in [4.69, 9.17) is 13.3 Å². The lowest BCUT2D eigenvalue weighted by Gasteiger charge is -2.27. The van der Waals surface area contributed by atoms with Crippen molar-refractivity contribution < 1.29 is 22.9 Å². The maximum atomic E-state index is 12.9. The largest absolute Gasteiger partial charge is 0.635 e. The third kappa shape index (κ3) is 36.2. The molecule has 0 saturated heterocycles. The zero-order valence-corrected chi connectivity index (χ0v) is 36.5. The Bertz CT molecular complexity index is 688. The molecule has 0 atom stereocenters. The molecule has 5 nitrogen and oxygen atoms in total. The number of rotatable bonds is 42. The lowest BCUT2D eigenvalue weighted by molar-refractivity contribution is -0.145. The highest BCUT2D eigenvalue weighted by molar-refractivity contribution is 7.80. The summed E-state index contributed by atoms with van der Waals surface area (Å²) in [4.78, 5) is 25.9. The molecule has 0 aliphatic rings. The van der Waals surface area contributed by atoms with Crippen molar-refractivity contribution in [3.63, 3.8) is 0 Å². The van der Waals surface area contributed by atoms with E-state index in [1.54, 1.807) is 7.11 Å². The van der Waals surface area contributed by atoms with Gasteiger partial charge in [-0.15, -0.1) is 0 Å². The van der Waals surface area contributed by atoms with Gasteiger partial charge in [-0.05, 0) is 31.4 Å². The molecule has 0 fully saturated rings. The van der Waals surface area contributed by atoms with E-state index in [0.29, 0.717) is 18.9 Å². The van der Waals surface area contributed by atoms with Crippen LogP contribution in [0.3, 0.4) is 0 Å². The monoisotopic (exact) mass is 757 g/mol. The molecule has 0 N–H and O–H groups in total. The molecule has 304 valence electrons. The van der Waals surface area contributed by atoms with Crippen LogP contribution in [0, 0.1) is 0 Å². The molecule has 0 saturated carbocycles. The normalized spacial score (nSPS) is 11.7. The van der Waals surface area contributed by atoms with Crippen molar-refractivity contribution in [3.05, 3.63) is 0 Å². The van der Waals surface area contributed by atoms with E-state index in [9.17, 15) is 9.59 Å². The predicted molar refractivity (Wildman–Crippen MR) is 226 cm³/mol. The van der Waals surface area contributed by atoms with Crippen LogP contribution in [-0.4, -0.2) is 33.6 Å². The van der Waals surface area contributed by atoms with Crippen LogP contribution in [-0.2, 0) is 22.9 Å². The molecule has 0 aliphatic carbocycles. The molecule has 7 heteroatoms. The van der Waals surface area contributed by atoms with Gasteiger partial charge in [0.25, 0.3) is 11.9 Å². The van der Waals surface area contributed by atoms with Gasteiger partial charge >= 0.3 is 8.80 Å². The molecule has 0 aromatic rings.